The summed E-state index contributed by atoms with van der Waals surface area (Å²) in [4.78, 5) is 19.8. The lowest BCUT2D eigenvalue weighted by Crippen LogP contribution is -2.29. The van der Waals surface area contributed by atoms with E-state index in [1.54, 1.807) is 11.3 Å². The number of thiazole rings is 1. The zero-order chi connectivity index (χ0) is 19.1. The van der Waals surface area contributed by atoms with Crippen molar-refractivity contribution in [3.8, 4) is 11.3 Å². The van der Waals surface area contributed by atoms with Crippen LogP contribution in [0.1, 0.15) is 58.8 Å². The van der Waals surface area contributed by atoms with Crippen molar-refractivity contribution in [3.63, 3.8) is 0 Å². The highest BCUT2D eigenvalue weighted by Crippen LogP contribution is 2.30. The van der Waals surface area contributed by atoms with Crippen LogP contribution in [0.2, 0.25) is 0 Å². The summed E-state index contributed by atoms with van der Waals surface area (Å²) in [6.45, 7) is 6.48. The van der Waals surface area contributed by atoms with Crippen LogP contribution in [-0.2, 0) is 4.79 Å². The second kappa shape index (κ2) is 9.88. The van der Waals surface area contributed by atoms with Gasteiger partial charge in [-0.3, -0.25) is 4.79 Å². The number of carbonyl (C=O) groups excluding carboxylic acids is 1. The predicted octanol–water partition coefficient (Wildman–Crippen LogP) is 5.96. The van der Waals surface area contributed by atoms with Crippen molar-refractivity contribution in [2.24, 2.45) is 5.92 Å². The number of benzene rings is 1. The van der Waals surface area contributed by atoms with Crippen LogP contribution in [0.4, 0.5) is 10.8 Å². The average Bonchev–Trinajstić information content (AvgIpc) is 3.20. The van der Waals surface area contributed by atoms with Gasteiger partial charge in [0.05, 0.1) is 5.69 Å². The lowest BCUT2D eigenvalue weighted by Gasteiger charge is -2.25. The Morgan fingerprint density at radius 1 is 1.26 bits per heavy atom. The highest BCUT2D eigenvalue weighted by Gasteiger charge is 2.17. The molecule has 1 aromatic carbocycles. The van der Waals surface area contributed by atoms with Crippen molar-refractivity contribution in [1.82, 2.24) is 4.98 Å². The molecule has 1 atom stereocenters. The molecule has 146 valence electrons. The van der Waals surface area contributed by atoms with Gasteiger partial charge in [-0.25, -0.2) is 4.98 Å². The van der Waals surface area contributed by atoms with Crippen LogP contribution in [-0.4, -0.2) is 24.0 Å². The highest BCUT2D eigenvalue weighted by molar-refractivity contribution is 7.14. The molecule has 2 aromatic rings. The van der Waals surface area contributed by atoms with Crippen LogP contribution in [0.5, 0.6) is 0 Å². The van der Waals surface area contributed by atoms with Gasteiger partial charge in [0.25, 0.3) is 0 Å². The maximum Gasteiger partial charge on any atom is 0.227 e. The topological polar surface area (TPSA) is 45.2 Å². The Kier molecular flexibility index (Phi) is 7.27. The molecule has 0 bridgehead atoms. The monoisotopic (exact) mass is 385 g/mol. The molecule has 0 aliphatic carbocycles. The van der Waals surface area contributed by atoms with E-state index < -0.39 is 0 Å². The number of aromatic nitrogens is 1. The number of hydrogen-bond acceptors (Lipinski definition) is 4. The third-order valence-corrected chi connectivity index (χ3v) is 6.22. The summed E-state index contributed by atoms with van der Waals surface area (Å²) in [5.74, 6) is 0.231. The van der Waals surface area contributed by atoms with Gasteiger partial charge in [0, 0.05) is 35.6 Å². The zero-order valence-electron chi connectivity index (χ0n) is 16.5. The van der Waals surface area contributed by atoms with Crippen LogP contribution in [0.25, 0.3) is 11.3 Å². The number of rotatable bonds is 8. The Hall–Kier alpha value is -1.88. The third kappa shape index (κ3) is 5.32. The van der Waals surface area contributed by atoms with Crippen LogP contribution >= 0.6 is 11.3 Å². The molecule has 1 aromatic heterocycles. The normalized spacial score (nSPS) is 15.6. The molecule has 1 saturated heterocycles. The molecule has 2 heterocycles. The molecule has 1 aliphatic rings. The third-order valence-electron chi connectivity index (χ3n) is 5.31. The van der Waals surface area contributed by atoms with Gasteiger partial charge in [-0.2, -0.15) is 0 Å². The first kappa shape index (κ1) is 19.9. The molecular formula is C22H31N3OS. The Bertz CT molecular complexity index is 737. The molecule has 1 fully saturated rings. The van der Waals surface area contributed by atoms with E-state index in [-0.39, 0.29) is 11.8 Å². The first-order chi connectivity index (χ1) is 13.2. The van der Waals surface area contributed by atoms with E-state index in [0.29, 0.717) is 0 Å². The van der Waals surface area contributed by atoms with E-state index in [4.69, 9.17) is 4.98 Å². The number of nitrogens with zero attached hydrogens (tertiary/aromatic N) is 2. The number of unbranched alkanes of at least 4 members (excludes halogenated alkanes) is 1. The second-order valence-corrected chi connectivity index (χ2v) is 8.22. The van der Waals surface area contributed by atoms with E-state index in [2.05, 4.69) is 35.5 Å². The fraction of sp³-hybridized carbons (Fsp3) is 0.545. The molecule has 1 amide bonds. The smallest absolute Gasteiger partial charge is 0.227 e. The minimum absolute atomic E-state index is 0.0959. The Morgan fingerprint density at radius 2 is 2.07 bits per heavy atom. The average molecular weight is 386 g/mol. The summed E-state index contributed by atoms with van der Waals surface area (Å²) in [6, 6.07) is 8.07. The molecule has 1 N–H and O–H groups in total. The fourth-order valence-electron chi connectivity index (χ4n) is 3.60. The van der Waals surface area contributed by atoms with E-state index in [0.717, 1.165) is 60.8 Å². The quantitative estimate of drug-likeness (QED) is 0.610. The maximum atomic E-state index is 12.6. The van der Waals surface area contributed by atoms with Crippen molar-refractivity contribution in [3.05, 3.63) is 29.6 Å². The van der Waals surface area contributed by atoms with Crippen molar-refractivity contribution in [2.75, 3.05) is 23.3 Å². The van der Waals surface area contributed by atoms with Gasteiger partial charge in [-0.05, 0) is 44.2 Å². The standard InChI is InChI=1S/C22H31N3OS/c1-3-5-10-17(4-2)21(26)23-19-12-9-11-18(15-19)20-16-27-22(24-20)25-13-7-6-8-14-25/h9,11-12,15-17H,3-8,10,13-14H2,1-2H3,(H,23,26). The molecular weight excluding hydrogens is 354 g/mol. The van der Waals surface area contributed by atoms with Crippen LogP contribution in [0, 0.1) is 5.92 Å². The van der Waals surface area contributed by atoms with Gasteiger partial charge in [0.2, 0.25) is 5.91 Å². The van der Waals surface area contributed by atoms with Gasteiger partial charge in [-0.1, -0.05) is 38.8 Å². The lowest BCUT2D eigenvalue weighted by molar-refractivity contribution is -0.120. The molecule has 1 unspecified atom stereocenters. The lowest BCUT2D eigenvalue weighted by atomic mass is 9.98. The van der Waals surface area contributed by atoms with Crippen LogP contribution in [0.3, 0.4) is 0 Å². The van der Waals surface area contributed by atoms with E-state index in [1.807, 2.05) is 18.2 Å². The minimum Gasteiger partial charge on any atom is -0.348 e. The SMILES string of the molecule is CCCCC(CC)C(=O)Nc1cccc(-c2csc(N3CCCCC3)n2)c1. The first-order valence-corrected chi connectivity index (χ1v) is 11.2. The van der Waals surface area contributed by atoms with Gasteiger partial charge in [0.15, 0.2) is 5.13 Å². The minimum atomic E-state index is 0.0959. The Labute approximate surface area is 167 Å². The van der Waals surface area contributed by atoms with Crippen LogP contribution in [0.15, 0.2) is 29.6 Å². The number of amides is 1. The highest BCUT2D eigenvalue weighted by atomic mass is 32.1. The number of anilines is 2. The number of hydrogen-bond donors (Lipinski definition) is 1. The van der Waals surface area contributed by atoms with Gasteiger partial charge in [-0.15, -0.1) is 11.3 Å². The molecule has 0 radical (unpaired) electrons. The Balaban J connectivity index is 1.68. The van der Waals surface area contributed by atoms with Crippen molar-refractivity contribution >= 4 is 28.1 Å². The number of nitrogens with one attached hydrogen (secondary N) is 1. The summed E-state index contributed by atoms with van der Waals surface area (Å²) in [7, 11) is 0. The van der Waals surface area contributed by atoms with Gasteiger partial charge < -0.3 is 10.2 Å². The molecule has 4 nitrogen and oxygen atoms in total. The number of carbonyl (C=O) groups is 1. The summed E-state index contributed by atoms with van der Waals surface area (Å²) < 4.78 is 0. The molecule has 3 rings (SSSR count). The maximum absolute atomic E-state index is 12.6. The van der Waals surface area contributed by atoms with Crippen molar-refractivity contribution in [1.29, 1.82) is 0 Å². The molecule has 5 heteroatoms. The molecule has 0 saturated carbocycles. The number of piperidine rings is 1. The summed E-state index contributed by atoms with van der Waals surface area (Å²) in [6.07, 6.45) is 7.92. The summed E-state index contributed by atoms with van der Waals surface area (Å²) >= 11 is 1.72. The first-order valence-electron chi connectivity index (χ1n) is 10.3. The summed E-state index contributed by atoms with van der Waals surface area (Å²) in [5.41, 5.74) is 2.92. The van der Waals surface area contributed by atoms with Crippen molar-refractivity contribution < 1.29 is 4.79 Å². The predicted molar refractivity (Wildman–Crippen MR) is 116 cm³/mol. The largest absolute Gasteiger partial charge is 0.348 e. The fourth-order valence-corrected chi connectivity index (χ4v) is 4.49. The summed E-state index contributed by atoms with van der Waals surface area (Å²) in [5, 5.41) is 6.35. The van der Waals surface area contributed by atoms with Gasteiger partial charge >= 0.3 is 0 Å². The Morgan fingerprint density at radius 3 is 2.81 bits per heavy atom. The molecule has 0 spiro atoms. The van der Waals surface area contributed by atoms with E-state index in [9.17, 15) is 4.79 Å². The van der Waals surface area contributed by atoms with Crippen LogP contribution < -0.4 is 10.2 Å². The van der Waals surface area contributed by atoms with E-state index >= 15 is 0 Å². The zero-order valence-corrected chi connectivity index (χ0v) is 17.4. The molecule has 27 heavy (non-hydrogen) atoms. The van der Waals surface area contributed by atoms with E-state index in [1.165, 1.54) is 19.3 Å². The second-order valence-electron chi connectivity index (χ2n) is 7.38. The van der Waals surface area contributed by atoms with Crippen molar-refractivity contribution in [2.45, 2.75) is 58.8 Å². The molecule has 1 aliphatic heterocycles. The van der Waals surface area contributed by atoms with Gasteiger partial charge in [0.1, 0.15) is 0 Å².